The SMILES string of the molecule is CC1=C(C)C(=NOC(=O)c2ccc(Cl)cc2)C=C(Cl)C1=O. The predicted molar refractivity (Wildman–Crippen MR) is 81.6 cm³/mol. The second-order valence-corrected chi connectivity index (χ2v) is 5.28. The Kier molecular flexibility index (Phi) is 4.60. The number of halogens is 2. The number of ketones is 1. The van der Waals surface area contributed by atoms with Gasteiger partial charge >= 0.3 is 5.97 Å². The second-order valence-electron chi connectivity index (χ2n) is 4.43. The minimum Gasteiger partial charge on any atom is -0.312 e. The Labute approximate surface area is 131 Å². The molecule has 0 aliphatic heterocycles. The lowest BCUT2D eigenvalue weighted by atomic mass is 9.97. The highest BCUT2D eigenvalue weighted by Crippen LogP contribution is 2.22. The quantitative estimate of drug-likeness (QED) is 0.471. The normalized spacial score (nSPS) is 17.0. The van der Waals surface area contributed by atoms with Gasteiger partial charge in [0, 0.05) is 10.6 Å². The van der Waals surface area contributed by atoms with Crippen LogP contribution in [-0.4, -0.2) is 17.5 Å². The highest BCUT2D eigenvalue weighted by Gasteiger charge is 2.21. The first kappa shape index (κ1) is 15.5. The molecule has 1 aliphatic carbocycles. The lowest BCUT2D eigenvalue weighted by molar-refractivity contribution is -0.111. The molecule has 21 heavy (non-hydrogen) atoms. The fourth-order valence-corrected chi connectivity index (χ4v) is 2.03. The number of oxime groups is 1. The maximum atomic E-state index is 11.8. The fraction of sp³-hybridized carbons (Fsp3) is 0.133. The topological polar surface area (TPSA) is 55.7 Å². The molecule has 0 spiro atoms. The van der Waals surface area contributed by atoms with Crippen molar-refractivity contribution in [2.45, 2.75) is 13.8 Å². The lowest BCUT2D eigenvalue weighted by Crippen LogP contribution is -2.15. The monoisotopic (exact) mass is 323 g/mol. The van der Waals surface area contributed by atoms with Crippen LogP contribution in [0.4, 0.5) is 0 Å². The minimum atomic E-state index is -0.619. The molecule has 1 aromatic carbocycles. The van der Waals surface area contributed by atoms with Gasteiger partial charge in [-0.3, -0.25) is 4.79 Å². The number of carbonyl (C=O) groups excluding carboxylic acids is 2. The molecule has 6 heteroatoms. The highest BCUT2D eigenvalue weighted by atomic mass is 35.5. The van der Waals surface area contributed by atoms with Crippen LogP contribution in [0, 0.1) is 0 Å². The molecular weight excluding hydrogens is 313 g/mol. The molecule has 0 radical (unpaired) electrons. The first-order valence-electron chi connectivity index (χ1n) is 6.05. The van der Waals surface area contributed by atoms with Crippen LogP contribution < -0.4 is 0 Å². The zero-order valence-electron chi connectivity index (χ0n) is 11.3. The first-order valence-corrected chi connectivity index (χ1v) is 6.80. The Morgan fingerprint density at radius 1 is 1.10 bits per heavy atom. The van der Waals surface area contributed by atoms with Crippen molar-refractivity contribution >= 4 is 40.7 Å². The first-order chi connectivity index (χ1) is 9.90. The molecule has 0 saturated carbocycles. The van der Waals surface area contributed by atoms with E-state index in [1.54, 1.807) is 26.0 Å². The molecule has 0 atom stereocenters. The van der Waals surface area contributed by atoms with E-state index >= 15 is 0 Å². The van der Waals surface area contributed by atoms with Crippen LogP contribution >= 0.6 is 23.2 Å². The summed E-state index contributed by atoms with van der Waals surface area (Å²) in [6, 6.07) is 6.23. The number of carbonyl (C=O) groups is 2. The Bertz CT molecular complexity index is 700. The van der Waals surface area contributed by atoms with Crippen LogP contribution in [-0.2, 0) is 9.63 Å². The van der Waals surface area contributed by atoms with Crippen molar-refractivity contribution in [1.82, 2.24) is 0 Å². The van der Waals surface area contributed by atoms with Gasteiger partial charge < -0.3 is 4.84 Å². The van der Waals surface area contributed by atoms with Crippen molar-refractivity contribution < 1.29 is 14.4 Å². The van der Waals surface area contributed by atoms with Crippen LogP contribution in [0.1, 0.15) is 24.2 Å². The van der Waals surface area contributed by atoms with Crippen molar-refractivity contribution in [3.05, 3.63) is 57.1 Å². The van der Waals surface area contributed by atoms with Gasteiger partial charge in [-0.1, -0.05) is 28.4 Å². The number of allylic oxidation sites excluding steroid dienone is 4. The Morgan fingerprint density at radius 2 is 1.71 bits per heavy atom. The van der Waals surface area contributed by atoms with E-state index in [1.165, 1.54) is 18.2 Å². The van der Waals surface area contributed by atoms with Crippen molar-refractivity contribution in [2.75, 3.05) is 0 Å². The maximum absolute atomic E-state index is 11.8. The van der Waals surface area contributed by atoms with Gasteiger partial charge in [0.25, 0.3) is 0 Å². The van der Waals surface area contributed by atoms with Crippen LogP contribution in [0.5, 0.6) is 0 Å². The number of nitrogens with zero attached hydrogens (tertiary/aromatic N) is 1. The average molecular weight is 324 g/mol. The molecule has 0 saturated heterocycles. The third-order valence-electron chi connectivity index (χ3n) is 3.07. The molecule has 0 N–H and O–H groups in total. The third kappa shape index (κ3) is 3.40. The van der Waals surface area contributed by atoms with Gasteiger partial charge in [-0.25, -0.2) is 4.79 Å². The van der Waals surface area contributed by atoms with Gasteiger partial charge in [0.2, 0.25) is 0 Å². The fourth-order valence-electron chi connectivity index (χ4n) is 1.66. The summed E-state index contributed by atoms with van der Waals surface area (Å²) in [6.45, 7) is 3.35. The van der Waals surface area contributed by atoms with Gasteiger partial charge in [0.1, 0.15) is 5.71 Å². The van der Waals surface area contributed by atoms with Gasteiger partial charge in [-0.05, 0) is 49.8 Å². The number of hydrogen-bond donors (Lipinski definition) is 0. The van der Waals surface area contributed by atoms with E-state index in [-0.39, 0.29) is 10.8 Å². The second kappa shape index (κ2) is 6.24. The number of hydrogen-bond acceptors (Lipinski definition) is 4. The molecule has 0 heterocycles. The maximum Gasteiger partial charge on any atom is 0.365 e. The zero-order chi connectivity index (χ0) is 15.6. The Hall–Kier alpha value is -1.91. The number of Topliss-reactive ketones (excluding diaryl/α,β-unsaturated/α-hetero) is 1. The van der Waals surface area contributed by atoms with Gasteiger partial charge in [0.05, 0.1) is 10.6 Å². The molecular formula is C15H11Cl2NO3. The van der Waals surface area contributed by atoms with Crippen LogP contribution in [0.25, 0.3) is 0 Å². The summed E-state index contributed by atoms with van der Waals surface area (Å²) in [6.07, 6.45) is 1.38. The number of benzene rings is 1. The largest absolute Gasteiger partial charge is 0.365 e. The molecule has 0 fully saturated rings. The summed E-state index contributed by atoms with van der Waals surface area (Å²) in [4.78, 5) is 28.3. The standard InChI is InChI=1S/C15H11Cl2NO3/c1-8-9(2)14(19)12(17)7-13(8)18-21-15(20)10-3-5-11(16)6-4-10/h3-7H,1-2H3. The van der Waals surface area contributed by atoms with E-state index in [1.807, 2.05) is 0 Å². The molecule has 1 aromatic rings. The Morgan fingerprint density at radius 3 is 2.33 bits per heavy atom. The van der Waals surface area contributed by atoms with E-state index in [2.05, 4.69) is 5.16 Å². The lowest BCUT2D eigenvalue weighted by Gasteiger charge is -2.12. The molecule has 1 aliphatic rings. The molecule has 0 amide bonds. The minimum absolute atomic E-state index is 0.0411. The van der Waals surface area contributed by atoms with Crippen LogP contribution in [0.3, 0.4) is 0 Å². The van der Waals surface area contributed by atoms with E-state index in [0.29, 0.717) is 27.4 Å². The smallest absolute Gasteiger partial charge is 0.312 e. The summed E-state index contributed by atoms with van der Waals surface area (Å²) in [5.74, 6) is -0.872. The van der Waals surface area contributed by atoms with Gasteiger partial charge in [-0.15, -0.1) is 0 Å². The van der Waals surface area contributed by atoms with Crippen LogP contribution in [0.2, 0.25) is 5.02 Å². The Balaban J connectivity index is 2.19. The third-order valence-corrected chi connectivity index (χ3v) is 3.61. The molecule has 0 aromatic heterocycles. The van der Waals surface area contributed by atoms with E-state index in [9.17, 15) is 9.59 Å². The molecule has 108 valence electrons. The summed E-state index contributed by atoms with van der Waals surface area (Å²) < 4.78 is 0. The van der Waals surface area contributed by atoms with E-state index in [4.69, 9.17) is 28.0 Å². The summed E-state index contributed by atoms with van der Waals surface area (Å²) >= 11 is 11.6. The summed E-state index contributed by atoms with van der Waals surface area (Å²) in [7, 11) is 0. The predicted octanol–water partition coefficient (Wildman–Crippen LogP) is 3.89. The average Bonchev–Trinajstić information content (AvgIpc) is 2.48. The van der Waals surface area contributed by atoms with E-state index < -0.39 is 5.97 Å². The molecule has 0 bridgehead atoms. The van der Waals surface area contributed by atoms with Crippen LogP contribution in [0.15, 0.2) is 51.7 Å². The zero-order valence-corrected chi connectivity index (χ0v) is 12.8. The van der Waals surface area contributed by atoms with Crippen molar-refractivity contribution in [2.24, 2.45) is 5.16 Å². The molecule has 0 unspecified atom stereocenters. The van der Waals surface area contributed by atoms with Crippen molar-refractivity contribution in [1.29, 1.82) is 0 Å². The number of rotatable bonds is 2. The van der Waals surface area contributed by atoms with E-state index in [0.717, 1.165) is 0 Å². The van der Waals surface area contributed by atoms with Gasteiger partial charge in [-0.2, -0.15) is 0 Å². The van der Waals surface area contributed by atoms with Crippen molar-refractivity contribution in [3.8, 4) is 0 Å². The summed E-state index contributed by atoms with van der Waals surface area (Å²) in [5.41, 5.74) is 1.76. The summed E-state index contributed by atoms with van der Waals surface area (Å²) in [5, 5.41) is 4.32. The van der Waals surface area contributed by atoms with Crippen molar-refractivity contribution in [3.63, 3.8) is 0 Å². The molecule has 2 rings (SSSR count). The van der Waals surface area contributed by atoms with Gasteiger partial charge in [0.15, 0.2) is 5.78 Å². The molecule has 4 nitrogen and oxygen atoms in total. The highest BCUT2D eigenvalue weighted by molar-refractivity contribution is 6.48.